The molecule has 0 aliphatic heterocycles. The molecule has 22 heavy (non-hydrogen) atoms. The Balaban J connectivity index is 1.75. The van der Waals surface area contributed by atoms with E-state index in [1.54, 1.807) is 18.2 Å². The lowest BCUT2D eigenvalue weighted by molar-refractivity contribution is -0.120. The summed E-state index contributed by atoms with van der Waals surface area (Å²) < 4.78 is 5.54. The fraction of sp³-hybridized carbons (Fsp3) is 0.235. The minimum atomic E-state index is -0.137. The number of ether oxygens (including phenoxy) is 1. The average molecular weight is 338 g/mol. The Labute approximate surface area is 140 Å². The van der Waals surface area contributed by atoms with Crippen molar-refractivity contribution in [3.05, 3.63) is 63.6 Å². The number of hydrogen-bond donors (Lipinski definition) is 1. The van der Waals surface area contributed by atoms with Crippen LogP contribution in [0.15, 0.2) is 42.5 Å². The van der Waals surface area contributed by atoms with Gasteiger partial charge in [-0.05, 0) is 36.8 Å². The Morgan fingerprint density at radius 2 is 1.73 bits per heavy atom. The molecule has 2 rings (SSSR count). The van der Waals surface area contributed by atoms with E-state index in [4.69, 9.17) is 27.9 Å². The van der Waals surface area contributed by atoms with Crippen molar-refractivity contribution in [2.24, 2.45) is 0 Å². The zero-order valence-corrected chi connectivity index (χ0v) is 13.7. The van der Waals surface area contributed by atoms with Gasteiger partial charge in [0.1, 0.15) is 12.4 Å². The number of benzene rings is 2. The molecule has 0 atom stereocenters. The highest BCUT2D eigenvalue weighted by atomic mass is 35.5. The first-order valence-electron chi connectivity index (χ1n) is 6.95. The Kier molecular flexibility index (Phi) is 6.10. The maximum atomic E-state index is 11.9. The SMILES string of the molecule is Cc1ccc(OCCNC(=O)Cc2c(Cl)cccc2Cl)cc1. The molecule has 0 bridgehead atoms. The Bertz CT molecular complexity index is 621. The molecule has 0 fully saturated rings. The standard InChI is InChI=1S/C17H17Cl2NO2/c1-12-5-7-13(8-6-12)22-10-9-20-17(21)11-14-15(18)3-2-4-16(14)19/h2-8H,9-11H2,1H3,(H,20,21). The number of halogens is 2. The molecule has 1 amide bonds. The van der Waals surface area contributed by atoms with Crippen LogP contribution in [0.5, 0.6) is 5.75 Å². The molecule has 0 aliphatic carbocycles. The number of hydrogen-bond acceptors (Lipinski definition) is 2. The summed E-state index contributed by atoms with van der Waals surface area (Å²) in [5.41, 5.74) is 1.82. The van der Waals surface area contributed by atoms with Gasteiger partial charge < -0.3 is 10.1 Å². The van der Waals surface area contributed by atoms with Crippen LogP contribution in [-0.4, -0.2) is 19.1 Å². The third-order valence-corrected chi connectivity index (χ3v) is 3.82. The number of aryl methyl sites for hydroxylation is 1. The molecular formula is C17H17Cl2NO2. The Morgan fingerprint density at radius 1 is 1.09 bits per heavy atom. The van der Waals surface area contributed by atoms with Gasteiger partial charge in [0, 0.05) is 10.0 Å². The second kappa shape index (κ2) is 8.06. The van der Waals surface area contributed by atoms with Crippen molar-refractivity contribution >= 4 is 29.1 Å². The van der Waals surface area contributed by atoms with Crippen molar-refractivity contribution in [2.45, 2.75) is 13.3 Å². The first-order valence-corrected chi connectivity index (χ1v) is 7.71. The molecule has 2 aromatic rings. The van der Waals surface area contributed by atoms with Crippen molar-refractivity contribution in [1.29, 1.82) is 0 Å². The molecule has 5 heteroatoms. The molecule has 0 saturated heterocycles. The molecule has 0 radical (unpaired) electrons. The largest absolute Gasteiger partial charge is 0.492 e. The number of amides is 1. The average Bonchev–Trinajstić information content (AvgIpc) is 2.49. The van der Waals surface area contributed by atoms with E-state index in [-0.39, 0.29) is 12.3 Å². The van der Waals surface area contributed by atoms with Crippen LogP contribution in [-0.2, 0) is 11.2 Å². The maximum absolute atomic E-state index is 11.9. The van der Waals surface area contributed by atoms with Crippen molar-refractivity contribution < 1.29 is 9.53 Å². The minimum Gasteiger partial charge on any atom is -0.492 e. The van der Waals surface area contributed by atoms with E-state index in [0.717, 1.165) is 5.75 Å². The van der Waals surface area contributed by atoms with Gasteiger partial charge in [0.2, 0.25) is 5.91 Å². The number of carbonyl (C=O) groups excluding carboxylic acids is 1. The van der Waals surface area contributed by atoms with Gasteiger partial charge in [-0.25, -0.2) is 0 Å². The summed E-state index contributed by atoms with van der Waals surface area (Å²) in [5, 5.41) is 3.78. The number of nitrogens with one attached hydrogen (secondary N) is 1. The lowest BCUT2D eigenvalue weighted by atomic mass is 10.1. The Morgan fingerprint density at radius 3 is 2.36 bits per heavy atom. The molecule has 0 spiro atoms. The monoisotopic (exact) mass is 337 g/mol. The van der Waals surface area contributed by atoms with Crippen LogP contribution in [0.1, 0.15) is 11.1 Å². The van der Waals surface area contributed by atoms with Crippen LogP contribution >= 0.6 is 23.2 Å². The first kappa shape index (κ1) is 16.7. The van der Waals surface area contributed by atoms with Gasteiger partial charge in [-0.2, -0.15) is 0 Å². The molecule has 0 aliphatic rings. The Hall–Kier alpha value is -1.71. The first-order chi connectivity index (χ1) is 10.6. The van der Waals surface area contributed by atoms with Gasteiger partial charge in [0.15, 0.2) is 0 Å². The maximum Gasteiger partial charge on any atom is 0.224 e. The van der Waals surface area contributed by atoms with Crippen molar-refractivity contribution in [3.63, 3.8) is 0 Å². The summed E-state index contributed by atoms with van der Waals surface area (Å²) in [6.07, 6.45) is 0.156. The summed E-state index contributed by atoms with van der Waals surface area (Å²) in [6.45, 7) is 2.85. The van der Waals surface area contributed by atoms with Crippen LogP contribution in [0.25, 0.3) is 0 Å². The van der Waals surface area contributed by atoms with Gasteiger partial charge in [-0.1, -0.05) is 47.0 Å². The highest BCUT2D eigenvalue weighted by molar-refractivity contribution is 6.36. The molecular weight excluding hydrogens is 321 g/mol. The predicted molar refractivity (Wildman–Crippen MR) is 89.8 cm³/mol. The van der Waals surface area contributed by atoms with Crippen LogP contribution in [0.4, 0.5) is 0 Å². The molecule has 3 nitrogen and oxygen atoms in total. The van der Waals surface area contributed by atoms with Crippen LogP contribution < -0.4 is 10.1 Å². The molecule has 1 N–H and O–H groups in total. The minimum absolute atomic E-state index is 0.137. The third-order valence-electron chi connectivity index (χ3n) is 3.11. The topological polar surface area (TPSA) is 38.3 Å². The fourth-order valence-electron chi connectivity index (χ4n) is 1.92. The molecule has 2 aromatic carbocycles. The molecule has 0 unspecified atom stereocenters. The van der Waals surface area contributed by atoms with Gasteiger partial charge in [-0.3, -0.25) is 4.79 Å². The second-order valence-electron chi connectivity index (χ2n) is 4.89. The van der Waals surface area contributed by atoms with E-state index >= 15 is 0 Å². The normalized spacial score (nSPS) is 10.3. The van der Waals surface area contributed by atoms with Crippen LogP contribution in [0.2, 0.25) is 10.0 Å². The summed E-state index contributed by atoms with van der Waals surface area (Å²) in [7, 11) is 0. The predicted octanol–water partition coefficient (Wildman–Crippen LogP) is 4.04. The highest BCUT2D eigenvalue weighted by Crippen LogP contribution is 2.24. The zero-order chi connectivity index (χ0) is 15.9. The lowest BCUT2D eigenvalue weighted by Crippen LogP contribution is -2.29. The van der Waals surface area contributed by atoms with E-state index < -0.39 is 0 Å². The summed E-state index contributed by atoms with van der Waals surface area (Å²) in [6, 6.07) is 13.0. The van der Waals surface area contributed by atoms with Crippen molar-refractivity contribution in [2.75, 3.05) is 13.2 Å². The van der Waals surface area contributed by atoms with Gasteiger partial charge >= 0.3 is 0 Å². The van der Waals surface area contributed by atoms with Crippen molar-refractivity contribution in [3.8, 4) is 5.75 Å². The molecule has 0 aromatic heterocycles. The smallest absolute Gasteiger partial charge is 0.224 e. The molecule has 0 saturated carbocycles. The van der Waals surface area contributed by atoms with Gasteiger partial charge in [0.05, 0.1) is 13.0 Å². The van der Waals surface area contributed by atoms with E-state index in [9.17, 15) is 4.79 Å². The van der Waals surface area contributed by atoms with Crippen LogP contribution in [0.3, 0.4) is 0 Å². The third kappa shape index (κ3) is 4.93. The van der Waals surface area contributed by atoms with E-state index in [1.165, 1.54) is 5.56 Å². The summed E-state index contributed by atoms with van der Waals surface area (Å²) in [4.78, 5) is 11.9. The molecule has 116 valence electrons. The lowest BCUT2D eigenvalue weighted by Gasteiger charge is -2.09. The summed E-state index contributed by atoms with van der Waals surface area (Å²) in [5.74, 6) is 0.650. The van der Waals surface area contributed by atoms with Crippen molar-refractivity contribution in [1.82, 2.24) is 5.32 Å². The number of rotatable bonds is 6. The van der Waals surface area contributed by atoms with E-state index in [2.05, 4.69) is 5.32 Å². The van der Waals surface area contributed by atoms with Gasteiger partial charge in [-0.15, -0.1) is 0 Å². The number of carbonyl (C=O) groups is 1. The summed E-state index contributed by atoms with van der Waals surface area (Å²) >= 11 is 12.1. The van der Waals surface area contributed by atoms with E-state index in [0.29, 0.717) is 28.8 Å². The van der Waals surface area contributed by atoms with Crippen LogP contribution in [0, 0.1) is 6.92 Å². The highest BCUT2D eigenvalue weighted by Gasteiger charge is 2.10. The quantitative estimate of drug-likeness (QED) is 0.808. The van der Waals surface area contributed by atoms with E-state index in [1.807, 2.05) is 31.2 Å². The van der Waals surface area contributed by atoms with Gasteiger partial charge in [0.25, 0.3) is 0 Å². The zero-order valence-electron chi connectivity index (χ0n) is 12.2. The molecule has 0 heterocycles. The fourth-order valence-corrected chi connectivity index (χ4v) is 2.45. The second-order valence-corrected chi connectivity index (χ2v) is 5.70.